The van der Waals surface area contributed by atoms with Crippen LogP contribution in [0.25, 0.3) is 0 Å². The van der Waals surface area contributed by atoms with Crippen molar-refractivity contribution in [3.05, 3.63) is 17.0 Å². The fraction of sp³-hybridized carbons (Fsp3) is 0.773. The summed E-state index contributed by atoms with van der Waals surface area (Å²) in [6.45, 7) is 10.2. The molecule has 1 aliphatic carbocycles. The second kappa shape index (κ2) is 13.2. The number of rotatable bonds is 8. The van der Waals surface area contributed by atoms with Crippen LogP contribution >= 0.6 is 24.0 Å². The van der Waals surface area contributed by atoms with Crippen molar-refractivity contribution in [2.45, 2.75) is 58.9 Å². The van der Waals surface area contributed by atoms with Crippen LogP contribution in [0.4, 0.5) is 0 Å². The molecule has 1 aromatic rings. The van der Waals surface area contributed by atoms with Crippen LogP contribution in [0.3, 0.4) is 0 Å². The molecule has 1 aliphatic heterocycles. The topological polar surface area (TPSA) is 86.0 Å². The first-order chi connectivity index (χ1) is 14.7. The molecular formula is C22H39IN6O2. The van der Waals surface area contributed by atoms with Gasteiger partial charge in [-0.2, -0.15) is 0 Å². The largest absolute Gasteiger partial charge is 0.361 e. The van der Waals surface area contributed by atoms with Crippen LogP contribution in [0, 0.1) is 5.92 Å². The summed E-state index contributed by atoms with van der Waals surface area (Å²) in [4.78, 5) is 21.4. The van der Waals surface area contributed by atoms with Crippen molar-refractivity contribution in [2.75, 3.05) is 46.3 Å². The highest BCUT2D eigenvalue weighted by molar-refractivity contribution is 14.0. The van der Waals surface area contributed by atoms with Crippen molar-refractivity contribution in [3.63, 3.8) is 0 Å². The summed E-state index contributed by atoms with van der Waals surface area (Å²) in [5.74, 6) is 2.41. The summed E-state index contributed by atoms with van der Waals surface area (Å²) in [5, 5.41) is 10.9. The molecule has 2 heterocycles. The zero-order valence-corrected chi connectivity index (χ0v) is 21.6. The van der Waals surface area contributed by atoms with E-state index in [0.29, 0.717) is 18.4 Å². The van der Waals surface area contributed by atoms with E-state index in [2.05, 4.69) is 44.4 Å². The lowest BCUT2D eigenvalue weighted by Crippen LogP contribution is -2.51. The lowest BCUT2D eigenvalue weighted by atomic mass is 10.1. The first-order valence-electron chi connectivity index (χ1n) is 11.6. The number of aliphatic imine (C=N–C) groups is 1. The van der Waals surface area contributed by atoms with Crippen LogP contribution in [0.5, 0.6) is 0 Å². The summed E-state index contributed by atoms with van der Waals surface area (Å²) < 4.78 is 5.44. The Morgan fingerprint density at radius 2 is 1.84 bits per heavy atom. The van der Waals surface area contributed by atoms with E-state index < -0.39 is 0 Å². The minimum Gasteiger partial charge on any atom is -0.361 e. The van der Waals surface area contributed by atoms with Gasteiger partial charge in [0, 0.05) is 70.8 Å². The quantitative estimate of drug-likeness (QED) is 0.296. The predicted octanol–water partition coefficient (Wildman–Crippen LogP) is 2.42. The Kier molecular flexibility index (Phi) is 11.1. The second-order valence-corrected chi connectivity index (χ2v) is 8.24. The normalized spacial score (nSPS) is 18.2. The maximum atomic E-state index is 12.6. The van der Waals surface area contributed by atoms with Crippen LogP contribution in [0.1, 0.15) is 56.5 Å². The van der Waals surface area contributed by atoms with Crippen molar-refractivity contribution in [3.8, 4) is 0 Å². The van der Waals surface area contributed by atoms with E-state index in [9.17, 15) is 4.79 Å². The fourth-order valence-electron chi connectivity index (χ4n) is 4.49. The van der Waals surface area contributed by atoms with Gasteiger partial charge in [0.15, 0.2) is 5.96 Å². The van der Waals surface area contributed by atoms with Gasteiger partial charge in [-0.1, -0.05) is 31.8 Å². The van der Waals surface area contributed by atoms with E-state index in [0.717, 1.165) is 87.9 Å². The number of guanidine groups is 1. The smallest absolute Gasteiger partial charge is 0.225 e. The molecule has 2 fully saturated rings. The molecule has 1 saturated heterocycles. The first kappa shape index (κ1) is 25.9. The maximum absolute atomic E-state index is 12.6. The van der Waals surface area contributed by atoms with Gasteiger partial charge < -0.3 is 20.1 Å². The molecule has 0 unspecified atom stereocenters. The summed E-state index contributed by atoms with van der Waals surface area (Å²) in [6.07, 6.45) is 6.31. The van der Waals surface area contributed by atoms with Gasteiger partial charge in [-0.05, 0) is 19.3 Å². The molecule has 3 rings (SSSR count). The zero-order chi connectivity index (χ0) is 21.3. The number of carbonyl (C=O) groups is 1. The molecule has 176 valence electrons. The SMILES string of the molecule is CCc1noc(CC)c1CNC(=NC)NCCN1CCN(C(=O)C2CCCC2)CC1.I. The van der Waals surface area contributed by atoms with Gasteiger partial charge >= 0.3 is 0 Å². The van der Waals surface area contributed by atoms with Gasteiger partial charge in [0.2, 0.25) is 5.91 Å². The van der Waals surface area contributed by atoms with Gasteiger partial charge in [-0.15, -0.1) is 24.0 Å². The van der Waals surface area contributed by atoms with Crippen LogP contribution in [-0.2, 0) is 24.2 Å². The Morgan fingerprint density at radius 1 is 1.13 bits per heavy atom. The average molecular weight is 546 g/mol. The molecule has 0 radical (unpaired) electrons. The number of hydrogen-bond donors (Lipinski definition) is 2. The Morgan fingerprint density at radius 3 is 2.45 bits per heavy atom. The van der Waals surface area contributed by atoms with E-state index in [-0.39, 0.29) is 24.0 Å². The van der Waals surface area contributed by atoms with Gasteiger partial charge in [0.05, 0.1) is 5.69 Å². The molecular weight excluding hydrogens is 507 g/mol. The summed E-state index contributed by atoms with van der Waals surface area (Å²) >= 11 is 0. The maximum Gasteiger partial charge on any atom is 0.225 e. The Hall–Kier alpha value is -1.36. The van der Waals surface area contributed by atoms with E-state index in [4.69, 9.17) is 4.52 Å². The molecule has 1 aromatic heterocycles. The summed E-state index contributed by atoms with van der Waals surface area (Å²) in [6, 6.07) is 0. The zero-order valence-electron chi connectivity index (χ0n) is 19.3. The number of aryl methyl sites for hydroxylation is 2. The average Bonchev–Trinajstić information content (AvgIpc) is 3.45. The van der Waals surface area contributed by atoms with Crippen molar-refractivity contribution < 1.29 is 9.32 Å². The monoisotopic (exact) mass is 546 g/mol. The molecule has 31 heavy (non-hydrogen) atoms. The molecule has 1 amide bonds. The van der Waals surface area contributed by atoms with E-state index >= 15 is 0 Å². The summed E-state index contributed by atoms with van der Waals surface area (Å²) in [5.41, 5.74) is 2.16. The van der Waals surface area contributed by atoms with Gasteiger partial charge in [-0.3, -0.25) is 14.7 Å². The molecule has 1 saturated carbocycles. The summed E-state index contributed by atoms with van der Waals surface area (Å²) in [7, 11) is 1.79. The molecule has 9 heteroatoms. The third-order valence-electron chi connectivity index (χ3n) is 6.37. The first-order valence-corrected chi connectivity index (χ1v) is 11.6. The Bertz CT molecular complexity index is 687. The number of halogens is 1. The third kappa shape index (κ3) is 7.06. The highest BCUT2D eigenvalue weighted by atomic mass is 127. The van der Waals surface area contributed by atoms with E-state index in [1.807, 2.05) is 0 Å². The molecule has 0 spiro atoms. The fourth-order valence-corrected chi connectivity index (χ4v) is 4.49. The van der Waals surface area contributed by atoms with Crippen LogP contribution in [0.15, 0.2) is 9.52 Å². The minimum absolute atomic E-state index is 0. The van der Waals surface area contributed by atoms with Gasteiger partial charge in [0.25, 0.3) is 0 Å². The number of hydrogen-bond acceptors (Lipinski definition) is 5. The van der Waals surface area contributed by atoms with Crippen molar-refractivity contribution in [2.24, 2.45) is 10.9 Å². The highest BCUT2D eigenvalue weighted by Crippen LogP contribution is 2.26. The Balaban J connectivity index is 0.00000341. The van der Waals surface area contributed by atoms with E-state index in [1.165, 1.54) is 12.8 Å². The van der Waals surface area contributed by atoms with Crippen molar-refractivity contribution in [1.29, 1.82) is 0 Å². The van der Waals surface area contributed by atoms with Crippen molar-refractivity contribution >= 4 is 35.8 Å². The number of nitrogens with zero attached hydrogens (tertiary/aromatic N) is 4. The lowest BCUT2D eigenvalue weighted by molar-refractivity contribution is -0.137. The molecule has 0 atom stereocenters. The number of nitrogens with one attached hydrogen (secondary N) is 2. The van der Waals surface area contributed by atoms with Crippen LogP contribution < -0.4 is 10.6 Å². The molecule has 8 nitrogen and oxygen atoms in total. The van der Waals surface area contributed by atoms with Gasteiger partial charge in [-0.25, -0.2) is 0 Å². The predicted molar refractivity (Wildman–Crippen MR) is 134 cm³/mol. The number of carbonyl (C=O) groups excluding carboxylic acids is 1. The van der Waals surface area contributed by atoms with E-state index in [1.54, 1.807) is 7.05 Å². The standard InChI is InChI=1S/C22H38N6O2.HI/c1-4-19-18(20(5-2)30-26-19)16-25-22(23-3)24-10-11-27-12-14-28(15-13-27)21(29)17-8-6-7-9-17;/h17H,4-16H2,1-3H3,(H2,23,24,25);1H. The van der Waals surface area contributed by atoms with Gasteiger partial charge in [0.1, 0.15) is 5.76 Å². The van der Waals surface area contributed by atoms with Crippen molar-refractivity contribution in [1.82, 2.24) is 25.6 Å². The molecule has 0 aromatic carbocycles. The van der Waals surface area contributed by atoms with Crippen LogP contribution in [0.2, 0.25) is 0 Å². The third-order valence-corrected chi connectivity index (χ3v) is 6.37. The lowest BCUT2D eigenvalue weighted by Gasteiger charge is -2.36. The number of amides is 1. The molecule has 0 bridgehead atoms. The second-order valence-electron chi connectivity index (χ2n) is 8.24. The minimum atomic E-state index is 0. The Labute approximate surface area is 203 Å². The number of aromatic nitrogens is 1. The highest BCUT2D eigenvalue weighted by Gasteiger charge is 2.29. The molecule has 2 N–H and O–H groups in total. The number of piperazine rings is 1. The molecule has 2 aliphatic rings. The van der Waals surface area contributed by atoms with Crippen LogP contribution in [-0.4, -0.2) is 73.1 Å².